The van der Waals surface area contributed by atoms with Crippen LogP contribution in [0.3, 0.4) is 0 Å². The summed E-state index contributed by atoms with van der Waals surface area (Å²) in [6.45, 7) is 0. The van der Waals surface area contributed by atoms with Crippen molar-refractivity contribution < 1.29 is 13.5 Å². The molecule has 104 valence electrons. The highest BCUT2D eigenvalue weighted by atomic mass is 79.9. The second-order valence-corrected chi connectivity index (χ2v) is 5.71. The van der Waals surface area contributed by atoms with Gasteiger partial charge in [-0.05, 0) is 24.3 Å². The van der Waals surface area contributed by atoms with Crippen molar-refractivity contribution in [3.8, 4) is 5.75 Å². The second-order valence-electron chi connectivity index (χ2n) is 4.80. The highest BCUT2D eigenvalue weighted by molar-refractivity contribution is 9.10. The molecule has 0 amide bonds. The number of rotatable bonds is 1. The lowest BCUT2D eigenvalue weighted by molar-refractivity contribution is 0.156. The predicted octanol–water partition coefficient (Wildman–Crippen LogP) is 4.25. The van der Waals surface area contributed by atoms with E-state index < -0.39 is 11.9 Å². The molecule has 2 aromatic carbocycles. The normalized spacial score (nSPS) is 21.2. The molecule has 0 saturated carbocycles. The summed E-state index contributed by atoms with van der Waals surface area (Å²) in [5.41, 5.74) is 7.24. The Bertz CT molecular complexity index is 662. The molecule has 1 unspecified atom stereocenters. The van der Waals surface area contributed by atoms with E-state index in [0.717, 1.165) is 10.0 Å². The first-order valence-electron chi connectivity index (χ1n) is 6.21. The van der Waals surface area contributed by atoms with Gasteiger partial charge in [-0.1, -0.05) is 22.0 Å². The van der Waals surface area contributed by atoms with Gasteiger partial charge in [-0.3, -0.25) is 0 Å². The molecule has 2 nitrogen and oxygen atoms in total. The van der Waals surface area contributed by atoms with E-state index >= 15 is 0 Å². The predicted molar refractivity (Wildman–Crippen MR) is 75.4 cm³/mol. The van der Waals surface area contributed by atoms with Crippen LogP contribution in [0.15, 0.2) is 40.9 Å². The number of hydrogen-bond acceptors (Lipinski definition) is 2. The minimum atomic E-state index is -0.517. The molecule has 2 atom stereocenters. The molecule has 2 N–H and O–H groups in total. The highest BCUT2D eigenvalue weighted by Crippen LogP contribution is 2.40. The van der Waals surface area contributed by atoms with Crippen molar-refractivity contribution in [2.75, 3.05) is 0 Å². The van der Waals surface area contributed by atoms with Crippen LogP contribution < -0.4 is 10.5 Å². The summed E-state index contributed by atoms with van der Waals surface area (Å²) in [6.07, 6.45) is -0.0664. The SMILES string of the molecule is N[C@@H]1CC(c2cc(Br)ccc2F)Oc2cc(F)ccc21. The zero-order valence-corrected chi connectivity index (χ0v) is 12.0. The Morgan fingerprint density at radius 1 is 1.10 bits per heavy atom. The van der Waals surface area contributed by atoms with Gasteiger partial charge in [0.25, 0.3) is 0 Å². The van der Waals surface area contributed by atoms with Gasteiger partial charge in [-0.25, -0.2) is 8.78 Å². The third-order valence-electron chi connectivity index (χ3n) is 3.42. The van der Waals surface area contributed by atoms with E-state index in [9.17, 15) is 8.78 Å². The molecule has 5 heteroatoms. The minimum absolute atomic E-state index is 0.303. The molecule has 0 bridgehead atoms. The fraction of sp³-hybridized carbons (Fsp3) is 0.200. The molecule has 1 heterocycles. The first-order valence-corrected chi connectivity index (χ1v) is 7.00. The van der Waals surface area contributed by atoms with Crippen LogP contribution in [-0.4, -0.2) is 0 Å². The number of fused-ring (bicyclic) bond motifs is 1. The lowest BCUT2D eigenvalue weighted by Crippen LogP contribution is -2.24. The Kier molecular flexibility index (Phi) is 3.48. The van der Waals surface area contributed by atoms with E-state index in [1.165, 1.54) is 18.2 Å². The van der Waals surface area contributed by atoms with Gasteiger partial charge in [0.2, 0.25) is 0 Å². The summed E-state index contributed by atoms with van der Waals surface area (Å²) in [7, 11) is 0. The van der Waals surface area contributed by atoms with Gasteiger partial charge in [0.05, 0.1) is 0 Å². The number of nitrogens with two attached hydrogens (primary N) is 1. The zero-order chi connectivity index (χ0) is 14.3. The summed E-state index contributed by atoms with van der Waals surface area (Å²) in [5.74, 6) is -0.371. The van der Waals surface area contributed by atoms with Crippen molar-refractivity contribution in [2.45, 2.75) is 18.6 Å². The summed E-state index contributed by atoms with van der Waals surface area (Å²) in [6, 6.07) is 8.60. The van der Waals surface area contributed by atoms with Gasteiger partial charge in [-0.15, -0.1) is 0 Å². The first kappa shape index (κ1) is 13.5. The fourth-order valence-electron chi connectivity index (χ4n) is 2.43. The molecule has 3 rings (SSSR count). The molecular weight excluding hydrogens is 328 g/mol. The van der Waals surface area contributed by atoms with E-state index in [2.05, 4.69) is 15.9 Å². The lowest BCUT2D eigenvalue weighted by atomic mass is 9.93. The summed E-state index contributed by atoms with van der Waals surface area (Å²) in [4.78, 5) is 0. The molecule has 0 fully saturated rings. The van der Waals surface area contributed by atoms with Gasteiger partial charge >= 0.3 is 0 Å². The monoisotopic (exact) mass is 339 g/mol. The Morgan fingerprint density at radius 3 is 2.70 bits per heavy atom. The van der Waals surface area contributed by atoms with E-state index in [1.54, 1.807) is 18.2 Å². The van der Waals surface area contributed by atoms with Crippen LogP contribution in [0.1, 0.15) is 29.7 Å². The highest BCUT2D eigenvalue weighted by Gasteiger charge is 2.29. The van der Waals surface area contributed by atoms with E-state index in [1.807, 2.05) is 0 Å². The summed E-state index contributed by atoms with van der Waals surface area (Å²) >= 11 is 3.31. The lowest BCUT2D eigenvalue weighted by Gasteiger charge is -2.30. The Labute approximate surface area is 123 Å². The van der Waals surface area contributed by atoms with Gasteiger partial charge < -0.3 is 10.5 Å². The largest absolute Gasteiger partial charge is 0.485 e. The summed E-state index contributed by atoms with van der Waals surface area (Å²) in [5, 5.41) is 0. The molecule has 1 aliphatic rings. The van der Waals surface area contributed by atoms with Crippen molar-refractivity contribution >= 4 is 15.9 Å². The Hall–Kier alpha value is -1.46. The average Bonchev–Trinajstić information content (AvgIpc) is 2.41. The van der Waals surface area contributed by atoms with Crippen molar-refractivity contribution in [3.63, 3.8) is 0 Å². The van der Waals surface area contributed by atoms with Gasteiger partial charge in [0.15, 0.2) is 0 Å². The smallest absolute Gasteiger partial charge is 0.130 e. The van der Waals surface area contributed by atoms with Crippen LogP contribution in [0.2, 0.25) is 0 Å². The molecule has 0 spiro atoms. The first-order chi connectivity index (χ1) is 9.54. The van der Waals surface area contributed by atoms with Crippen molar-refractivity contribution in [1.29, 1.82) is 0 Å². The standard InChI is InChI=1S/C15H12BrF2NO/c16-8-1-4-12(18)11(5-8)15-7-13(19)10-3-2-9(17)6-14(10)20-15/h1-6,13,15H,7,19H2/t13-,15?/m1/s1. The van der Waals surface area contributed by atoms with E-state index in [4.69, 9.17) is 10.5 Å². The van der Waals surface area contributed by atoms with Crippen molar-refractivity contribution in [2.24, 2.45) is 5.73 Å². The second kappa shape index (κ2) is 5.14. The van der Waals surface area contributed by atoms with Gasteiger partial charge in [0, 0.05) is 34.1 Å². The molecule has 20 heavy (non-hydrogen) atoms. The molecule has 1 aliphatic heterocycles. The third kappa shape index (κ3) is 2.43. The quantitative estimate of drug-likeness (QED) is 0.842. The van der Waals surface area contributed by atoms with E-state index in [-0.39, 0.29) is 11.9 Å². The number of hydrogen-bond donors (Lipinski definition) is 1. The van der Waals surface area contributed by atoms with Gasteiger partial charge in [0.1, 0.15) is 23.5 Å². The van der Waals surface area contributed by atoms with Crippen LogP contribution in [-0.2, 0) is 0 Å². The molecule has 2 aromatic rings. The van der Waals surface area contributed by atoms with Gasteiger partial charge in [-0.2, -0.15) is 0 Å². The van der Waals surface area contributed by atoms with Crippen molar-refractivity contribution in [3.05, 3.63) is 63.6 Å². The molecule has 0 aromatic heterocycles. The summed E-state index contributed by atoms with van der Waals surface area (Å²) < 4.78 is 33.7. The van der Waals surface area contributed by atoms with Crippen LogP contribution >= 0.6 is 15.9 Å². The number of halogens is 3. The van der Waals surface area contributed by atoms with Crippen LogP contribution in [0, 0.1) is 11.6 Å². The topological polar surface area (TPSA) is 35.2 Å². The van der Waals surface area contributed by atoms with Crippen LogP contribution in [0.5, 0.6) is 5.75 Å². The maximum atomic E-state index is 13.9. The maximum absolute atomic E-state index is 13.9. The van der Waals surface area contributed by atoms with Crippen LogP contribution in [0.25, 0.3) is 0 Å². The molecule has 0 saturated heterocycles. The number of benzene rings is 2. The van der Waals surface area contributed by atoms with Crippen molar-refractivity contribution in [1.82, 2.24) is 0 Å². The average molecular weight is 340 g/mol. The number of ether oxygens (including phenoxy) is 1. The zero-order valence-electron chi connectivity index (χ0n) is 10.4. The molecule has 0 radical (unpaired) electrons. The fourth-order valence-corrected chi connectivity index (χ4v) is 2.81. The third-order valence-corrected chi connectivity index (χ3v) is 3.91. The Morgan fingerprint density at radius 2 is 1.90 bits per heavy atom. The molecular formula is C15H12BrF2NO. The Balaban J connectivity index is 2.00. The minimum Gasteiger partial charge on any atom is -0.485 e. The van der Waals surface area contributed by atoms with Crippen LogP contribution in [0.4, 0.5) is 8.78 Å². The molecule has 0 aliphatic carbocycles. The maximum Gasteiger partial charge on any atom is 0.130 e. The van der Waals surface area contributed by atoms with E-state index in [0.29, 0.717) is 17.7 Å².